The number of H-pyrrole nitrogens is 1. The van der Waals surface area contributed by atoms with E-state index in [0.717, 1.165) is 22.9 Å². The number of fused-ring (bicyclic) bond motifs is 5. The molecule has 3 aliphatic heterocycles. The van der Waals surface area contributed by atoms with Crippen molar-refractivity contribution in [3.05, 3.63) is 65.6 Å². The number of carbonyl (C=O) groups is 3. The lowest BCUT2D eigenvalue weighted by atomic mass is 9.76. The number of carbonyl (C=O) groups excluding carboxylic acids is 3. The summed E-state index contributed by atoms with van der Waals surface area (Å²) in [6.07, 6.45) is 3.89. The smallest absolute Gasteiger partial charge is 0.250 e. The van der Waals surface area contributed by atoms with E-state index in [1.54, 1.807) is 0 Å². The molecule has 2 fully saturated rings. The van der Waals surface area contributed by atoms with E-state index < -0.39 is 35.1 Å². The van der Waals surface area contributed by atoms with E-state index in [4.69, 9.17) is 0 Å². The van der Waals surface area contributed by atoms with Gasteiger partial charge in [-0.1, -0.05) is 31.5 Å². The average molecular weight is 461 g/mol. The molecule has 0 aliphatic carbocycles. The fourth-order valence-corrected chi connectivity index (χ4v) is 6.08. The molecule has 2 saturated heterocycles. The Morgan fingerprint density at radius 1 is 1.09 bits per heavy atom. The quantitative estimate of drug-likeness (QED) is 0.510. The number of amides is 3. The predicted molar refractivity (Wildman–Crippen MR) is 124 cm³/mol. The van der Waals surface area contributed by atoms with Crippen LogP contribution >= 0.6 is 0 Å². The molecule has 0 radical (unpaired) electrons. The number of nitrogens with zero attached hydrogens (tertiary/aromatic N) is 1. The number of anilines is 1. The van der Waals surface area contributed by atoms with Crippen molar-refractivity contribution in [1.82, 2.24) is 15.2 Å². The third-order valence-corrected chi connectivity index (χ3v) is 7.62. The van der Waals surface area contributed by atoms with Gasteiger partial charge in [-0.25, -0.2) is 4.39 Å². The number of likely N-dealkylation sites (tertiary alicyclic amines) is 1. The van der Waals surface area contributed by atoms with Crippen LogP contribution in [0, 0.1) is 17.7 Å². The van der Waals surface area contributed by atoms with Gasteiger partial charge in [-0.15, -0.1) is 0 Å². The Balaban J connectivity index is 1.47. The second-order valence-corrected chi connectivity index (χ2v) is 9.45. The van der Waals surface area contributed by atoms with E-state index in [9.17, 15) is 18.8 Å². The van der Waals surface area contributed by atoms with Crippen LogP contribution in [0.5, 0.6) is 0 Å². The van der Waals surface area contributed by atoms with E-state index in [1.165, 1.54) is 23.1 Å². The summed E-state index contributed by atoms with van der Waals surface area (Å²) in [7, 11) is 0. The number of hydrogen-bond donors (Lipinski definition) is 3. The van der Waals surface area contributed by atoms with Crippen molar-refractivity contribution in [3.8, 4) is 0 Å². The number of aromatic nitrogens is 1. The number of para-hydroxylation sites is 1. The summed E-state index contributed by atoms with van der Waals surface area (Å²) in [5.74, 6) is -3.15. The van der Waals surface area contributed by atoms with E-state index in [2.05, 4.69) is 15.6 Å². The minimum atomic E-state index is -1.48. The van der Waals surface area contributed by atoms with Gasteiger partial charge in [0.15, 0.2) is 0 Å². The lowest BCUT2D eigenvalue weighted by Gasteiger charge is -2.29. The van der Waals surface area contributed by atoms with Crippen LogP contribution in [-0.4, -0.2) is 40.2 Å². The summed E-state index contributed by atoms with van der Waals surface area (Å²) in [4.78, 5) is 45.3. The number of rotatable bonds is 5. The van der Waals surface area contributed by atoms with Crippen molar-refractivity contribution < 1.29 is 18.8 Å². The van der Waals surface area contributed by atoms with Crippen LogP contribution in [-0.2, 0) is 26.3 Å². The van der Waals surface area contributed by atoms with Gasteiger partial charge in [-0.05, 0) is 42.7 Å². The Labute approximate surface area is 195 Å². The SMILES string of the molecule is CCCCN1C(=O)[C@@H]2C(Cc3c[nH]c4ccccc34)NC3(C(=O)Nc4ccc(F)cc43)[C@@H]2C1=O. The highest BCUT2D eigenvalue weighted by molar-refractivity contribution is 6.15. The Bertz CT molecular complexity index is 1350. The van der Waals surface area contributed by atoms with E-state index >= 15 is 0 Å². The number of imide groups is 1. The fourth-order valence-electron chi connectivity index (χ4n) is 6.08. The molecule has 1 aromatic heterocycles. The van der Waals surface area contributed by atoms with E-state index in [-0.39, 0.29) is 11.8 Å². The summed E-state index contributed by atoms with van der Waals surface area (Å²) in [6.45, 7) is 2.33. The van der Waals surface area contributed by atoms with Crippen LogP contribution in [0.1, 0.15) is 30.9 Å². The number of unbranched alkanes of at least 4 members (excludes halogenated alkanes) is 1. The normalized spacial score (nSPS) is 27.6. The Morgan fingerprint density at radius 3 is 2.74 bits per heavy atom. The van der Waals surface area contributed by atoms with Crippen LogP contribution in [0.15, 0.2) is 48.7 Å². The molecular formula is C26H25FN4O3. The standard InChI is InChI=1S/C26H25FN4O3/c1-2-3-10-31-23(32)21-20(11-14-13-28-18-7-5-4-6-16(14)18)30-26(22(21)24(31)33)17-12-15(27)8-9-19(17)29-25(26)34/h4-9,12-13,20-22,28,30H,2-3,10-11H2,1H3,(H,29,34)/t20?,21-,22+,26?/m1/s1. The Hall–Kier alpha value is -3.52. The van der Waals surface area contributed by atoms with Crippen LogP contribution in [0.2, 0.25) is 0 Å². The summed E-state index contributed by atoms with van der Waals surface area (Å²) in [6, 6.07) is 11.5. The molecule has 2 aromatic carbocycles. The second kappa shape index (κ2) is 7.50. The molecule has 0 bridgehead atoms. The monoisotopic (exact) mass is 460 g/mol. The van der Waals surface area contributed by atoms with Crippen molar-refractivity contribution in [3.63, 3.8) is 0 Å². The Kier molecular flexibility index (Phi) is 4.64. The minimum Gasteiger partial charge on any atom is -0.361 e. The summed E-state index contributed by atoms with van der Waals surface area (Å²) < 4.78 is 14.3. The van der Waals surface area contributed by atoms with Gasteiger partial charge in [0, 0.05) is 40.9 Å². The first-order chi connectivity index (χ1) is 16.5. The molecule has 3 amide bonds. The maximum atomic E-state index is 14.3. The van der Waals surface area contributed by atoms with Gasteiger partial charge >= 0.3 is 0 Å². The van der Waals surface area contributed by atoms with E-state index in [0.29, 0.717) is 30.6 Å². The second-order valence-electron chi connectivity index (χ2n) is 9.45. The molecule has 174 valence electrons. The zero-order valence-electron chi connectivity index (χ0n) is 18.7. The lowest BCUT2D eigenvalue weighted by Crippen LogP contribution is -2.53. The minimum absolute atomic E-state index is 0.254. The Morgan fingerprint density at radius 2 is 1.91 bits per heavy atom. The molecule has 0 saturated carbocycles. The van der Waals surface area contributed by atoms with Crippen molar-refractivity contribution in [2.75, 3.05) is 11.9 Å². The van der Waals surface area contributed by atoms with E-state index in [1.807, 2.05) is 37.4 Å². The molecule has 8 heteroatoms. The van der Waals surface area contributed by atoms with Crippen LogP contribution in [0.4, 0.5) is 10.1 Å². The molecule has 4 heterocycles. The van der Waals surface area contributed by atoms with Crippen molar-refractivity contribution in [2.24, 2.45) is 11.8 Å². The fraction of sp³-hybridized carbons (Fsp3) is 0.346. The van der Waals surface area contributed by atoms with Crippen molar-refractivity contribution in [1.29, 1.82) is 0 Å². The predicted octanol–water partition coefficient (Wildman–Crippen LogP) is 3.07. The van der Waals surface area contributed by atoms with Crippen LogP contribution in [0.25, 0.3) is 10.9 Å². The topological polar surface area (TPSA) is 94.3 Å². The molecule has 4 atom stereocenters. The van der Waals surface area contributed by atoms with Crippen LogP contribution in [0.3, 0.4) is 0 Å². The summed E-state index contributed by atoms with van der Waals surface area (Å²) in [5, 5.41) is 7.23. The highest BCUT2D eigenvalue weighted by atomic mass is 19.1. The van der Waals surface area contributed by atoms with Gasteiger partial charge in [-0.3, -0.25) is 24.6 Å². The highest BCUT2D eigenvalue weighted by Gasteiger charge is 2.70. The first-order valence-corrected chi connectivity index (χ1v) is 11.7. The largest absolute Gasteiger partial charge is 0.361 e. The summed E-state index contributed by atoms with van der Waals surface area (Å²) in [5.41, 5.74) is 1.36. The summed E-state index contributed by atoms with van der Waals surface area (Å²) >= 11 is 0. The van der Waals surface area contributed by atoms with Crippen molar-refractivity contribution in [2.45, 2.75) is 37.8 Å². The average Bonchev–Trinajstić information content (AvgIpc) is 3.53. The first kappa shape index (κ1) is 21.0. The molecule has 2 unspecified atom stereocenters. The number of halogens is 1. The maximum Gasteiger partial charge on any atom is 0.250 e. The molecule has 1 spiro atoms. The first-order valence-electron chi connectivity index (χ1n) is 11.7. The molecule has 3 aromatic rings. The maximum absolute atomic E-state index is 14.3. The number of benzene rings is 2. The molecule has 34 heavy (non-hydrogen) atoms. The number of hydrogen-bond acceptors (Lipinski definition) is 4. The highest BCUT2D eigenvalue weighted by Crippen LogP contribution is 2.53. The van der Waals surface area contributed by atoms with Gasteiger partial charge in [0.1, 0.15) is 11.4 Å². The number of aromatic amines is 1. The third kappa shape index (κ3) is 2.75. The number of nitrogens with one attached hydrogen (secondary N) is 3. The molecule has 3 aliphatic rings. The molecule has 3 N–H and O–H groups in total. The zero-order valence-corrected chi connectivity index (χ0v) is 18.7. The lowest BCUT2D eigenvalue weighted by molar-refractivity contribution is -0.142. The third-order valence-electron chi connectivity index (χ3n) is 7.62. The zero-order chi connectivity index (χ0) is 23.6. The van der Waals surface area contributed by atoms with Crippen molar-refractivity contribution >= 4 is 34.3 Å². The van der Waals surface area contributed by atoms with Gasteiger partial charge in [0.05, 0.1) is 11.8 Å². The van der Waals surface area contributed by atoms with Gasteiger partial charge in [0.2, 0.25) is 17.7 Å². The molecule has 6 rings (SSSR count). The van der Waals surface area contributed by atoms with Gasteiger partial charge < -0.3 is 10.3 Å². The van der Waals surface area contributed by atoms with Gasteiger partial charge in [-0.2, -0.15) is 0 Å². The molecular weight excluding hydrogens is 435 g/mol. The molecule has 7 nitrogen and oxygen atoms in total. The van der Waals surface area contributed by atoms with Crippen LogP contribution < -0.4 is 10.6 Å². The van der Waals surface area contributed by atoms with Gasteiger partial charge in [0.25, 0.3) is 0 Å².